The van der Waals surface area contributed by atoms with Crippen LogP contribution in [0.1, 0.15) is 119 Å². The first-order valence-electron chi connectivity index (χ1n) is 14.6. The van der Waals surface area contributed by atoms with Gasteiger partial charge in [0.05, 0.1) is 6.61 Å². The third-order valence-electron chi connectivity index (χ3n) is 8.69. The maximum absolute atomic E-state index is 15.1. The molecule has 2 saturated carbocycles. The van der Waals surface area contributed by atoms with E-state index in [4.69, 9.17) is 4.74 Å². The number of hydrogen-bond donors (Lipinski definition) is 0. The van der Waals surface area contributed by atoms with Gasteiger partial charge >= 0.3 is 0 Å². The van der Waals surface area contributed by atoms with Crippen LogP contribution in [-0.4, -0.2) is 6.61 Å². The van der Waals surface area contributed by atoms with Crippen molar-refractivity contribution in [2.75, 3.05) is 6.61 Å². The van der Waals surface area contributed by atoms with Gasteiger partial charge in [-0.25, -0.2) is 13.2 Å². The molecule has 0 saturated heterocycles. The summed E-state index contributed by atoms with van der Waals surface area (Å²) in [5.74, 6) is 0.355. The molecule has 37 heavy (non-hydrogen) atoms. The van der Waals surface area contributed by atoms with Crippen LogP contribution in [0.25, 0.3) is 6.08 Å². The first-order valence-corrected chi connectivity index (χ1v) is 14.6. The van der Waals surface area contributed by atoms with Crippen molar-refractivity contribution in [1.82, 2.24) is 0 Å². The molecule has 4 heteroatoms. The number of halogens is 3. The smallest absolute Gasteiger partial charge is 0.166 e. The normalized spacial score (nSPS) is 24.5. The Morgan fingerprint density at radius 1 is 0.784 bits per heavy atom. The Kier molecular flexibility index (Phi) is 10.2. The van der Waals surface area contributed by atoms with Crippen LogP contribution in [-0.2, 0) is 0 Å². The molecular weight excluding hydrogens is 469 g/mol. The fourth-order valence-corrected chi connectivity index (χ4v) is 6.43. The molecule has 0 atom stereocenters. The van der Waals surface area contributed by atoms with Crippen molar-refractivity contribution in [3.63, 3.8) is 0 Å². The van der Waals surface area contributed by atoms with E-state index in [1.807, 2.05) is 31.2 Å². The molecule has 0 spiro atoms. The predicted octanol–water partition coefficient (Wildman–Crippen LogP) is 10.3. The van der Waals surface area contributed by atoms with Crippen LogP contribution < -0.4 is 4.74 Å². The van der Waals surface area contributed by atoms with Gasteiger partial charge in [-0.15, -0.1) is 0 Å². The maximum atomic E-state index is 15.1. The molecule has 2 aliphatic rings. The van der Waals surface area contributed by atoms with Gasteiger partial charge in [0.15, 0.2) is 11.6 Å². The van der Waals surface area contributed by atoms with Gasteiger partial charge in [-0.05, 0) is 99.2 Å². The van der Waals surface area contributed by atoms with Crippen molar-refractivity contribution < 1.29 is 17.9 Å². The van der Waals surface area contributed by atoms with E-state index in [1.165, 1.54) is 31.7 Å². The molecule has 2 aromatic carbocycles. The Hall–Kier alpha value is -2.23. The van der Waals surface area contributed by atoms with E-state index in [-0.39, 0.29) is 17.7 Å². The molecule has 0 heterocycles. The van der Waals surface area contributed by atoms with Gasteiger partial charge in [-0.1, -0.05) is 63.0 Å². The van der Waals surface area contributed by atoms with Crippen LogP contribution in [0.15, 0.2) is 36.4 Å². The summed E-state index contributed by atoms with van der Waals surface area (Å²) in [5, 5.41) is 0. The highest BCUT2D eigenvalue weighted by Gasteiger charge is 2.27. The monoisotopic (exact) mass is 512 g/mol. The number of ether oxygens (including phenoxy) is 1. The molecule has 2 fully saturated rings. The lowest BCUT2D eigenvalue weighted by Crippen LogP contribution is -2.15. The van der Waals surface area contributed by atoms with Gasteiger partial charge in [0.25, 0.3) is 0 Å². The summed E-state index contributed by atoms with van der Waals surface area (Å²) in [6, 6.07) is 8.73. The summed E-state index contributed by atoms with van der Waals surface area (Å²) in [4.78, 5) is 0. The lowest BCUT2D eigenvalue weighted by Gasteiger charge is -2.29. The minimum absolute atomic E-state index is 0.133. The Bertz CT molecular complexity index is 1030. The third-order valence-corrected chi connectivity index (χ3v) is 8.69. The number of hydrogen-bond acceptors (Lipinski definition) is 1. The molecule has 0 aromatic heterocycles. The second kappa shape index (κ2) is 13.5. The van der Waals surface area contributed by atoms with Crippen LogP contribution in [0.4, 0.5) is 13.2 Å². The van der Waals surface area contributed by atoms with Crippen LogP contribution in [0.5, 0.6) is 5.75 Å². The number of rotatable bonds is 10. The minimum atomic E-state index is -0.719. The first kappa shape index (κ1) is 27.8. The number of benzene rings is 2. The van der Waals surface area contributed by atoms with Gasteiger partial charge in [-0.3, -0.25) is 0 Å². The van der Waals surface area contributed by atoms with Crippen molar-refractivity contribution in [3.05, 3.63) is 70.5 Å². The summed E-state index contributed by atoms with van der Waals surface area (Å²) in [5.41, 5.74) is 1.64. The zero-order valence-corrected chi connectivity index (χ0v) is 22.6. The van der Waals surface area contributed by atoms with Gasteiger partial charge in [0, 0.05) is 11.6 Å². The van der Waals surface area contributed by atoms with Crippen LogP contribution in [0.3, 0.4) is 0 Å². The zero-order chi connectivity index (χ0) is 26.2. The highest BCUT2D eigenvalue weighted by atomic mass is 19.2. The average Bonchev–Trinajstić information content (AvgIpc) is 2.91. The van der Waals surface area contributed by atoms with Crippen molar-refractivity contribution in [3.8, 4) is 5.75 Å². The van der Waals surface area contributed by atoms with Crippen molar-refractivity contribution in [2.24, 2.45) is 11.8 Å². The van der Waals surface area contributed by atoms with E-state index in [9.17, 15) is 8.78 Å². The largest absolute Gasteiger partial charge is 0.494 e. The van der Waals surface area contributed by atoms with Crippen molar-refractivity contribution in [1.29, 1.82) is 0 Å². The summed E-state index contributed by atoms with van der Waals surface area (Å²) in [6.07, 6.45) is 16.6. The number of allylic oxidation sites excluding steroid dienone is 1. The molecule has 0 aliphatic heterocycles. The lowest BCUT2D eigenvalue weighted by molar-refractivity contribution is 0.298. The van der Waals surface area contributed by atoms with E-state index in [1.54, 1.807) is 12.1 Å². The fraction of sp³-hybridized carbons (Fsp3) is 0.576. The summed E-state index contributed by atoms with van der Waals surface area (Å²) < 4.78 is 50.0. The molecule has 2 aliphatic carbocycles. The molecular formula is C33H43F3O. The van der Waals surface area contributed by atoms with Gasteiger partial charge in [0.2, 0.25) is 0 Å². The number of unbranched alkanes of at least 4 members (excludes halogenated alkanes) is 2. The van der Waals surface area contributed by atoms with E-state index >= 15 is 4.39 Å². The summed E-state index contributed by atoms with van der Waals surface area (Å²) in [7, 11) is 0. The van der Waals surface area contributed by atoms with Crippen LogP contribution in [0.2, 0.25) is 0 Å². The lowest BCUT2D eigenvalue weighted by atomic mass is 9.76. The second-order valence-electron chi connectivity index (χ2n) is 11.2. The van der Waals surface area contributed by atoms with Gasteiger partial charge < -0.3 is 4.74 Å². The minimum Gasteiger partial charge on any atom is -0.494 e. The van der Waals surface area contributed by atoms with E-state index in [0.717, 1.165) is 62.8 Å². The molecule has 0 amide bonds. The molecule has 2 aromatic rings. The van der Waals surface area contributed by atoms with Crippen LogP contribution >= 0.6 is 0 Å². The van der Waals surface area contributed by atoms with Crippen LogP contribution in [0, 0.1) is 29.3 Å². The molecule has 0 radical (unpaired) electrons. The second-order valence-corrected chi connectivity index (χ2v) is 11.2. The first-order chi connectivity index (χ1) is 18.0. The van der Waals surface area contributed by atoms with Crippen molar-refractivity contribution >= 4 is 6.08 Å². The molecule has 0 N–H and O–H groups in total. The zero-order valence-electron chi connectivity index (χ0n) is 22.6. The topological polar surface area (TPSA) is 9.23 Å². The fourth-order valence-electron chi connectivity index (χ4n) is 6.43. The Morgan fingerprint density at radius 3 is 2.14 bits per heavy atom. The SMILES string of the molecule is CCCCCC1CCC(c2ccc(C=CC3CCC(c4ccc(OCC)cc4F)CC3)c(F)c2F)CC1. The summed E-state index contributed by atoms with van der Waals surface area (Å²) >= 11 is 0. The highest BCUT2D eigenvalue weighted by molar-refractivity contribution is 5.52. The predicted molar refractivity (Wildman–Crippen MR) is 147 cm³/mol. The quantitative estimate of drug-likeness (QED) is 0.288. The Labute approximate surface area is 221 Å². The molecule has 4 rings (SSSR count). The third kappa shape index (κ3) is 7.21. The van der Waals surface area contributed by atoms with Gasteiger partial charge in [0.1, 0.15) is 11.6 Å². The van der Waals surface area contributed by atoms with E-state index < -0.39 is 11.6 Å². The standard InChI is InChI=1S/C33H43F3O/c1-3-5-6-7-23-8-15-26(16-9-23)30-20-18-27(32(35)33(30)36)17-12-24-10-13-25(14-11-24)29-21-19-28(37-4-2)22-31(29)34/h12,17-26H,3-11,13-16H2,1-2H3. The Balaban J connectivity index is 1.31. The van der Waals surface area contributed by atoms with Gasteiger partial charge in [-0.2, -0.15) is 0 Å². The molecule has 0 bridgehead atoms. The maximum Gasteiger partial charge on any atom is 0.166 e. The molecule has 0 unspecified atom stereocenters. The summed E-state index contributed by atoms with van der Waals surface area (Å²) in [6.45, 7) is 4.63. The van der Waals surface area contributed by atoms with E-state index in [2.05, 4.69) is 6.92 Å². The average molecular weight is 513 g/mol. The molecule has 202 valence electrons. The molecule has 1 nitrogen and oxygen atoms in total. The van der Waals surface area contributed by atoms with Crippen molar-refractivity contribution in [2.45, 2.75) is 103 Å². The highest BCUT2D eigenvalue weighted by Crippen LogP contribution is 2.40. The van der Waals surface area contributed by atoms with E-state index in [0.29, 0.717) is 29.4 Å². The Morgan fingerprint density at radius 2 is 1.46 bits per heavy atom.